The van der Waals surface area contributed by atoms with E-state index >= 15 is 0 Å². The van der Waals surface area contributed by atoms with E-state index in [2.05, 4.69) is 26.2 Å². The van der Waals surface area contributed by atoms with Gasteiger partial charge in [-0.05, 0) is 31.9 Å². The summed E-state index contributed by atoms with van der Waals surface area (Å²) < 4.78 is 25.0. The van der Waals surface area contributed by atoms with Crippen LogP contribution in [0, 0.1) is 0 Å². The van der Waals surface area contributed by atoms with E-state index in [-0.39, 0.29) is 11.3 Å². The van der Waals surface area contributed by atoms with Gasteiger partial charge in [0.1, 0.15) is 12.1 Å². The molecule has 3 heterocycles. The van der Waals surface area contributed by atoms with E-state index in [1.165, 1.54) is 0 Å². The molecule has 2 fully saturated rings. The second-order valence-electron chi connectivity index (χ2n) is 7.76. The molecule has 2 atom stereocenters. The van der Waals surface area contributed by atoms with Crippen molar-refractivity contribution < 1.29 is 8.95 Å². The smallest absolute Gasteiger partial charge is 0.239 e. The zero-order valence-electron chi connectivity index (χ0n) is 16.6. The summed E-state index contributed by atoms with van der Waals surface area (Å²) in [6.45, 7) is 4.15. The highest BCUT2D eigenvalue weighted by molar-refractivity contribution is 7.93. The number of nitrogens with zero attached hydrogens (tertiary/aromatic N) is 6. The predicted molar refractivity (Wildman–Crippen MR) is 113 cm³/mol. The molecule has 29 heavy (non-hydrogen) atoms. The fraction of sp³-hybridized carbons (Fsp3) is 0.450. The number of hydrogen-bond acceptors (Lipinski definition) is 7. The summed E-state index contributed by atoms with van der Waals surface area (Å²) in [4.78, 5) is 16.1. The maximum atomic E-state index is 13.0. The molecule has 0 unspecified atom stereocenters. The van der Waals surface area contributed by atoms with E-state index in [0.29, 0.717) is 25.0 Å². The van der Waals surface area contributed by atoms with E-state index in [1.54, 1.807) is 12.6 Å². The lowest BCUT2D eigenvalue weighted by Gasteiger charge is -2.34. The van der Waals surface area contributed by atoms with Crippen molar-refractivity contribution in [3.05, 3.63) is 36.7 Å². The van der Waals surface area contributed by atoms with Crippen molar-refractivity contribution in [1.82, 2.24) is 19.5 Å². The van der Waals surface area contributed by atoms with Gasteiger partial charge in [-0.15, -0.1) is 0 Å². The van der Waals surface area contributed by atoms with Crippen LogP contribution in [0.3, 0.4) is 0 Å². The fourth-order valence-electron chi connectivity index (χ4n) is 3.66. The average Bonchev–Trinajstić information content (AvgIpc) is 3.48. The maximum absolute atomic E-state index is 13.0. The summed E-state index contributed by atoms with van der Waals surface area (Å²) in [5.74, 6) is 1.72. The number of anilines is 1. The van der Waals surface area contributed by atoms with Gasteiger partial charge in [0.05, 0.1) is 40.0 Å². The highest BCUT2D eigenvalue weighted by atomic mass is 32.2. The third-order valence-electron chi connectivity index (χ3n) is 5.44. The van der Waals surface area contributed by atoms with E-state index in [0.717, 1.165) is 36.2 Å². The summed E-state index contributed by atoms with van der Waals surface area (Å²) in [5, 5.41) is 0.167. The molecule has 1 aliphatic heterocycles. The third-order valence-corrected chi connectivity index (χ3v) is 7.69. The van der Waals surface area contributed by atoms with Crippen LogP contribution in [-0.4, -0.2) is 61.0 Å². The Morgan fingerprint density at radius 1 is 1.24 bits per heavy atom. The molecule has 1 saturated heterocycles. The van der Waals surface area contributed by atoms with Crippen molar-refractivity contribution in [3.63, 3.8) is 0 Å². The minimum absolute atomic E-state index is 0.167. The lowest BCUT2D eigenvalue weighted by molar-refractivity contribution is 0.0985. The van der Waals surface area contributed by atoms with Crippen LogP contribution >= 0.6 is 0 Å². The van der Waals surface area contributed by atoms with Crippen molar-refractivity contribution in [2.24, 2.45) is 4.36 Å². The zero-order chi connectivity index (χ0) is 20.0. The molecule has 3 aromatic rings. The Hall–Kier alpha value is -2.52. The number of morpholine rings is 1. The Balaban J connectivity index is 1.66. The quantitative estimate of drug-likeness (QED) is 0.655. The minimum Gasteiger partial charge on any atom is -0.377 e. The van der Waals surface area contributed by atoms with Gasteiger partial charge in [0.2, 0.25) is 5.95 Å². The number of hydrogen-bond donors (Lipinski definition) is 0. The number of fused-ring (bicyclic) bond motifs is 1. The molecule has 2 aliphatic rings. The SMILES string of the molecule is C[C@@H]1COCCN1c1cc(N=[S@](C)(=O)C2CC2)nc(-n2cnc3ccccc32)n1. The highest BCUT2D eigenvalue weighted by Gasteiger charge is 2.31. The van der Waals surface area contributed by atoms with Gasteiger partial charge in [-0.1, -0.05) is 12.1 Å². The van der Waals surface area contributed by atoms with Crippen molar-refractivity contribution in [1.29, 1.82) is 0 Å². The van der Waals surface area contributed by atoms with Gasteiger partial charge in [-0.3, -0.25) is 4.57 Å². The van der Waals surface area contributed by atoms with Crippen molar-refractivity contribution in [2.75, 3.05) is 30.9 Å². The van der Waals surface area contributed by atoms with Crippen molar-refractivity contribution >= 4 is 32.4 Å². The molecule has 2 aromatic heterocycles. The standard InChI is InChI=1S/C20H24N6O2S/c1-14-12-28-10-9-25(14)19-11-18(24-29(2,27)15-7-8-15)22-20(23-19)26-13-21-16-5-3-4-6-17(16)26/h3-6,11,13-15H,7-10,12H2,1-2H3/t14-,29-/m1/s1. The van der Waals surface area contributed by atoms with E-state index in [9.17, 15) is 4.21 Å². The van der Waals surface area contributed by atoms with Gasteiger partial charge in [-0.2, -0.15) is 14.3 Å². The number of aromatic nitrogens is 4. The first kappa shape index (κ1) is 18.5. The van der Waals surface area contributed by atoms with Crippen molar-refractivity contribution in [2.45, 2.75) is 31.1 Å². The van der Waals surface area contributed by atoms with Gasteiger partial charge in [0, 0.05) is 24.1 Å². The summed E-state index contributed by atoms with van der Waals surface area (Å²) >= 11 is 0. The van der Waals surface area contributed by atoms with Gasteiger partial charge >= 0.3 is 0 Å². The van der Waals surface area contributed by atoms with Gasteiger partial charge in [0.15, 0.2) is 5.82 Å². The first-order valence-corrected chi connectivity index (χ1v) is 11.9. The number of imidazole rings is 1. The molecule has 9 heteroatoms. The molecule has 8 nitrogen and oxygen atoms in total. The molecule has 5 rings (SSSR count). The monoisotopic (exact) mass is 412 g/mol. The Bertz CT molecular complexity index is 1180. The molecular weight excluding hydrogens is 388 g/mol. The molecule has 0 N–H and O–H groups in total. The molecule has 0 amide bonds. The van der Waals surface area contributed by atoms with E-state index in [4.69, 9.17) is 9.72 Å². The largest absolute Gasteiger partial charge is 0.377 e. The van der Waals surface area contributed by atoms with Crippen LogP contribution in [-0.2, 0) is 14.5 Å². The van der Waals surface area contributed by atoms with Gasteiger partial charge in [0.25, 0.3) is 0 Å². The summed E-state index contributed by atoms with van der Waals surface area (Å²) in [5.41, 5.74) is 1.79. The summed E-state index contributed by atoms with van der Waals surface area (Å²) in [7, 11) is -2.31. The molecular formula is C20H24N6O2S. The molecule has 1 saturated carbocycles. The molecule has 1 aromatic carbocycles. The fourth-order valence-corrected chi connectivity index (χ4v) is 5.29. The van der Waals surface area contributed by atoms with Gasteiger partial charge < -0.3 is 9.64 Å². The first-order valence-electron chi connectivity index (χ1n) is 9.88. The lowest BCUT2D eigenvalue weighted by Crippen LogP contribution is -2.44. The van der Waals surface area contributed by atoms with Crippen LogP contribution < -0.4 is 4.90 Å². The predicted octanol–water partition coefficient (Wildman–Crippen LogP) is 2.93. The number of para-hydroxylation sites is 2. The molecule has 0 spiro atoms. The number of ether oxygens (including phenoxy) is 1. The molecule has 1 aliphatic carbocycles. The topological polar surface area (TPSA) is 85.5 Å². The van der Waals surface area contributed by atoms with E-state index in [1.807, 2.05) is 34.9 Å². The van der Waals surface area contributed by atoms with Crippen LogP contribution in [0.4, 0.5) is 11.6 Å². The lowest BCUT2D eigenvalue weighted by atomic mass is 10.2. The Morgan fingerprint density at radius 2 is 2.07 bits per heavy atom. The first-order chi connectivity index (χ1) is 14.0. The second kappa shape index (κ2) is 7.07. The van der Waals surface area contributed by atoms with E-state index < -0.39 is 9.73 Å². The zero-order valence-corrected chi connectivity index (χ0v) is 17.4. The Labute approximate surface area is 170 Å². The molecule has 152 valence electrons. The van der Waals surface area contributed by atoms with Crippen LogP contribution in [0.2, 0.25) is 0 Å². The van der Waals surface area contributed by atoms with Crippen LogP contribution in [0.5, 0.6) is 0 Å². The number of rotatable bonds is 4. The van der Waals surface area contributed by atoms with Crippen LogP contribution in [0.25, 0.3) is 17.0 Å². The number of benzene rings is 1. The Morgan fingerprint density at radius 3 is 2.86 bits per heavy atom. The maximum Gasteiger partial charge on any atom is 0.239 e. The molecule has 0 bridgehead atoms. The summed E-state index contributed by atoms with van der Waals surface area (Å²) in [6.07, 6.45) is 5.39. The highest BCUT2D eigenvalue weighted by Crippen LogP contribution is 2.32. The third kappa shape index (κ3) is 3.60. The van der Waals surface area contributed by atoms with Gasteiger partial charge in [-0.25, -0.2) is 9.19 Å². The van der Waals surface area contributed by atoms with Crippen molar-refractivity contribution in [3.8, 4) is 5.95 Å². The van der Waals surface area contributed by atoms with Crippen LogP contribution in [0.1, 0.15) is 19.8 Å². The summed E-state index contributed by atoms with van der Waals surface area (Å²) in [6, 6.07) is 9.89. The normalized spacial score (nSPS) is 21.9. The Kier molecular flexibility index (Phi) is 4.51. The minimum atomic E-state index is -2.31. The second-order valence-corrected chi connectivity index (χ2v) is 10.3. The van der Waals surface area contributed by atoms with Crippen LogP contribution in [0.15, 0.2) is 41.0 Å². The molecule has 0 radical (unpaired) electrons. The average molecular weight is 413 g/mol.